The summed E-state index contributed by atoms with van der Waals surface area (Å²) in [6.45, 7) is 3.37. The highest BCUT2D eigenvalue weighted by molar-refractivity contribution is 5.89. The molecule has 3 nitrogen and oxygen atoms in total. The van der Waals surface area contributed by atoms with Crippen molar-refractivity contribution >= 4 is 18.4 Å². The van der Waals surface area contributed by atoms with Gasteiger partial charge in [0.15, 0.2) is 0 Å². The first-order valence-corrected chi connectivity index (χ1v) is 5.48. The minimum absolute atomic E-state index is 0. The van der Waals surface area contributed by atoms with Crippen LogP contribution in [0.5, 0.6) is 0 Å². The van der Waals surface area contributed by atoms with Crippen LogP contribution in [0.3, 0.4) is 0 Å². The van der Waals surface area contributed by atoms with Crippen LogP contribution in [-0.4, -0.2) is 38.1 Å². The van der Waals surface area contributed by atoms with Crippen LogP contribution in [0.25, 0.3) is 0 Å². The molecule has 0 aliphatic carbocycles. The number of carbonyl (C=O) groups is 1. The number of benzene rings is 1. The molecule has 4 heteroatoms. The summed E-state index contributed by atoms with van der Waals surface area (Å²) in [6.07, 6.45) is 0.866. The Morgan fingerprint density at radius 3 is 2.65 bits per heavy atom. The van der Waals surface area contributed by atoms with Gasteiger partial charge in [0, 0.05) is 6.54 Å². The number of rotatable bonds is 5. The summed E-state index contributed by atoms with van der Waals surface area (Å²) in [4.78, 5) is 13.7. The van der Waals surface area contributed by atoms with E-state index in [2.05, 4.69) is 4.90 Å². The van der Waals surface area contributed by atoms with Gasteiger partial charge in [0.2, 0.25) is 0 Å². The van der Waals surface area contributed by atoms with Gasteiger partial charge in [-0.15, -0.1) is 12.4 Å². The van der Waals surface area contributed by atoms with Crippen molar-refractivity contribution < 1.29 is 9.53 Å². The molecule has 17 heavy (non-hydrogen) atoms. The summed E-state index contributed by atoms with van der Waals surface area (Å²) in [5.74, 6) is -0.234. The molecule has 0 spiro atoms. The lowest BCUT2D eigenvalue weighted by Gasteiger charge is -2.09. The van der Waals surface area contributed by atoms with E-state index in [1.807, 2.05) is 39.2 Å². The summed E-state index contributed by atoms with van der Waals surface area (Å²) in [7, 11) is 4.00. The van der Waals surface area contributed by atoms with E-state index in [9.17, 15) is 4.79 Å². The van der Waals surface area contributed by atoms with Crippen LogP contribution >= 0.6 is 12.4 Å². The van der Waals surface area contributed by atoms with Crippen LogP contribution in [-0.2, 0) is 4.74 Å². The third-order valence-electron chi connectivity index (χ3n) is 2.24. The number of esters is 1. The van der Waals surface area contributed by atoms with E-state index in [0.29, 0.717) is 12.2 Å². The number of hydrogen-bond acceptors (Lipinski definition) is 3. The van der Waals surface area contributed by atoms with E-state index in [-0.39, 0.29) is 18.4 Å². The molecule has 0 saturated heterocycles. The van der Waals surface area contributed by atoms with Gasteiger partial charge >= 0.3 is 5.97 Å². The molecule has 0 aromatic heterocycles. The van der Waals surface area contributed by atoms with Gasteiger partial charge in [-0.25, -0.2) is 4.79 Å². The van der Waals surface area contributed by atoms with Gasteiger partial charge in [0.1, 0.15) is 0 Å². The van der Waals surface area contributed by atoms with Gasteiger partial charge in [0.25, 0.3) is 0 Å². The van der Waals surface area contributed by atoms with Crippen molar-refractivity contribution in [3.63, 3.8) is 0 Å². The van der Waals surface area contributed by atoms with Crippen molar-refractivity contribution in [2.24, 2.45) is 0 Å². The summed E-state index contributed by atoms with van der Waals surface area (Å²) in [5, 5.41) is 0. The Kier molecular flexibility index (Phi) is 7.59. The summed E-state index contributed by atoms with van der Waals surface area (Å²) in [6, 6.07) is 7.45. The standard InChI is InChI=1S/C13H19NO2.ClH/c1-11-6-4-7-12(10-11)13(15)16-9-5-8-14(2)3;/h4,6-7,10H,5,8-9H2,1-3H3;1H. The molecule has 0 amide bonds. The summed E-state index contributed by atoms with van der Waals surface area (Å²) in [5.41, 5.74) is 1.70. The van der Waals surface area contributed by atoms with E-state index in [1.54, 1.807) is 6.07 Å². The zero-order valence-corrected chi connectivity index (χ0v) is 11.4. The van der Waals surface area contributed by atoms with Gasteiger partial charge < -0.3 is 9.64 Å². The van der Waals surface area contributed by atoms with Gasteiger partial charge in [0.05, 0.1) is 12.2 Å². The van der Waals surface area contributed by atoms with Crippen molar-refractivity contribution in [3.8, 4) is 0 Å². The Balaban J connectivity index is 0.00000256. The number of halogens is 1. The molecule has 1 rings (SSSR count). The molecular formula is C13H20ClNO2. The monoisotopic (exact) mass is 257 g/mol. The first kappa shape index (κ1) is 15.9. The fourth-order valence-corrected chi connectivity index (χ4v) is 1.40. The van der Waals surface area contributed by atoms with Crippen molar-refractivity contribution in [1.29, 1.82) is 0 Å². The number of ether oxygens (including phenoxy) is 1. The lowest BCUT2D eigenvalue weighted by molar-refractivity contribution is 0.0493. The average Bonchev–Trinajstić information content (AvgIpc) is 2.24. The highest BCUT2D eigenvalue weighted by Crippen LogP contribution is 2.05. The summed E-state index contributed by atoms with van der Waals surface area (Å²) < 4.78 is 5.17. The molecular weight excluding hydrogens is 238 g/mol. The maximum absolute atomic E-state index is 11.6. The fourth-order valence-electron chi connectivity index (χ4n) is 1.40. The second-order valence-corrected chi connectivity index (χ2v) is 4.16. The molecule has 96 valence electrons. The van der Waals surface area contributed by atoms with Crippen molar-refractivity contribution in [1.82, 2.24) is 4.90 Å². The topological polar surface area (TPSA) is 29.5 Å². The van der Waals surface area contributed by atoms with Gasteiger partial charge in [-0.3, -0.25) is 0 Å². The Hall–Kier alpha value is -1.06. The maximum Gasteiger partial charge on any atom is 0.338 e. The summed E-state index contributed by atoms with van der Waals surface area (Å²) >= 11 is 0. The molecule has 0 N–H and O–H groups in total. The second-order valence-electron chi connectivity index (χ2n) is 4.16. The molecule has 1 aromatic rings. The Morgan fingerprint density at radius 1 is 1.35 bits per heavy atom. The largest absolute Gasteiger partial charge is 0.462 e. The molecule has 0 unspecified atom stereocenters. The van der Waals surface area contributed by atoms with E-state index in [0.717, 1.165) is 18.5 Å². The highest BCUT2D eigenvalue weighted by Gasteiger charge is 2.06. The fraction of sp³-hybridized carbons (Fsp3) is 0.462. The smallest absolute Gasteiger partial charge is 0.338 e. The Bertz CT molecular complexity index is 353. The lowest BCUT2D eigenvalue weighted by Crippen LogP contribution is -2.16. The zero-order chi connectivity index (χ0) is 12.0. The maximum atomic E-state index is 11.6. The van der Waals surface area contributed by atoms with Crippen LogP contribution in [0.15, 0.2) is 24.3 Å². The molecule has 0 saturated carbocycles. The van der Waals surface area contributed by atoms with E-state index in [1.165, 1.54) is 0 Å². The molecule has 0 aliphatic heterocycles. The molecule has 0 heterocycles. The first-order chi connectivity index (χ1) is 7.59. The van der Waals surface area contributed by atoms with Crippen LogP contribution in [0.1, 0.15) is 22.3 Å². The normalized spacial score (nSPS) is 9.88. The Labute approximate surface area is 109 Å². The van der Waals surface area contributed by atoms with Crippen LogP contribution < -0.4 is 0 Å². The third-order valence-corrected chi connectivity index (χ3v) is 2.24. The minimum Gasteiger partial charge on any atom is -0.462 e. The Morgan fingerprint density at radius 2 is 2.06 bits per heavy atom. The number of carbonyl (C=O) groups excluding carboxylic acids is 1. The van der Waals surface area contributed by atoms with Gasteiger partial charge in [-0.1, -0.05) is 17.7 Å². The number of hydrogen-bond donors (Lipinski definition) is 0. The molecule has 0 radical (unpaired) electrons. The number of nitrogens with zero attached hydrogens (tertiary/aromatic N) is 1. The van der Waals surface area contributed by atoms with Crippen LogP contribution in [0.4, 0.5) is 0 Å². The average molecular weight is 258 g/mol. The number of aryl methyl sites for hydroxylation is 1. The first-order valence-electron chi connectivity index (χ1n) is 5.48. The van der Waals surface area contributed by atoms with E-state index < -0.39 is 0 Å². The van der Waals surface area contributed by atoms with Crippen molar-refractivity contribution in [3.05, 3.63) is 35.4 Å². The SMILES string of the molecule is Cc1cccc(C(=O)OCCCN(C)C)c1.Cl. The zero-order valence-electron chi connectivity index (χ0n) is 10.6. The van der Waals surface area contributed by atoms with Gasteiger partial charge in [-0.2, -0.15) is 0 Å². The molecule has 0 bridgehead atoms. The van der Waals surface area contributed by atoms with Crippen LogP contribution in [0, 0.1) is 6.92 Å². The molecule has 0 fully saturated rings. The molecule has 1 aromatic carbocycles. The lowest BCUT2D eigenvalue weighted by atomic mass is 10.1. The van der Waals surface area contributed by atoms with E-state index in [4.69, 9.17) is 4.74 Å². The van der Waals surface area contributed by atoms with Crippen LogP contribution in [0.2, 0.25) is 0 Å². The van der Waals surface area contributed by atoms with E-state index >= 15 is 0 Å². The predicted octanol–water partition coefficient (Wildman–Crippen LogP) is 2.53. The molecule has 0 aliphatic rings. The third kappa shape index (κ3) is 6.29. The quantitative estimate of drug-likeness (QED) is 0.600. The van der Waals surface area contributed by atoms with Gasteiger partial charge in [-0.05, 0) is 39.6 Å². The highest BCUT2D eigenvalue weighted by atomic mass is 35.5. The second kappa shape index (κ2) is 8.09. The van der Waals surface area contributed by atoms with Crippen molar-refractivity contribution in [2.75, 3.05) is 27.2 Å². The predicted molar refractivity (Wildman–Crippen MR) is 71.9 cm³/mol. The van der Waals surface area contributed by atoms with Crippen molar-refractivity contribution in [2.45, 2.75) is 13.3 Å². The minimum atomic E-state index is -0.234. The molecule has 0 atom stereocenters.